The van der Waals surface area contributed by atoms with E-state index in [0.29, 0.717) is 32.1 Å². The minimum absolute atomic E-state index is 0.441. The van der Waals surface area contributed by atoms with Gasteiger partial charge in [-0.05, 0) is 6.42 Å². The molecule has 1 aromatic rings. The van der Waals surface area contributed by atoms with Crippen molar-refractivity contribution in [2.24, 2.45) is 0 Å². The second-order valence-electron chi connectivity index (χ2n) is 5.57. The number of nitrogens with one attached hydrogen (secondary N) is 1. The first-order valence-corrected chi connectivity index (χ1v) is 7.48. The van der Waals surface area contributed by atoms with Gasteiger partial charge in [-0.2, -0.15) is 0 Å². The second kappa shape index (κ2) is 5.85. The first kappa shape index (κ1) is 14.1. The van der Waals surface area contributed by atoms with E-state index in [2.05, 4.69) is 22.1 Å². The summed E-state index contributed by atoms with van der Waals surface area (Å²) in [6, 6.07) is 0. The van der Waals surface area contributed by atoms with E-state index >= 15 is 0 Å². The van der Waals surface area contributed by atoms with Crippen molar-refractivity contribution in [3.8, 4) is 0 Å². The lowest BCUT2D eigenvalue weighted by atomic mass is 9.95. The molecular formula is C14H21N5O2. The van der Waals surface area contributed by atoms with Crippen LogP contribution >= 0.6 is 0 Å². The Bertz CT molecular complexity index is 528. The number of amides is 1. The molecule has 1 unspecified atom stereocenters. The van der Waals surface area contributed by atoms with E-state index in [0.717, 1.165) is 31.2 Å². The fourth-order valence-corrected chi connectivity index (χ4v) is 2.97. The third kappa shape index (κ3) is 2.78. The van der Waals surface area contributed by atoms with E-state index in [1.807, 2.05) is 6.20 Å². The number of rotatable bonds is 2. The number of hydrogen-bond acceptors (Lipinski definition) is 5. The fourth-order valence-electron chi connectivity index (χ4n) is 2.97. The highest BCUT2D eigenvalue weighted by molar-refractivity contribution is 5.65. The van der Waals surface area contributed by atoms with Crippen LogP contribution < -0.4 is 10.2 Å². The number of carbonyl (C=O) groups is 1. The molecule has 7 heteroatoms. The zero-order valence-corrected chi connectivity index (χ0v) is 12.2. The van der Waals surface area contributed by atoms with Crippen LogP contribution in [-0.4, -0.2) is 58.8 Å². The largest absolute Gasteiger partial charge is 0.465 e. The van der Waals surface area contributed by atoms with Gasteiger partial charge in [0.1, 0.15) is 0 Å². The highest BCUT2D eigenvalue weighted by atomic mass is 16.4. The number of aromatic nitrogens is 2. The average molecular weight is 291 g/mol. The van der Waals surface area contributed by atoms with Crippen molar-refractivity contribution in [1.29, 1.82) is 0 Å². The van der Waals surface area contributed by atoms with Gasteiger partial charge in [0, 0.05) is 56.9 Å². The summed E-state index contributed by atoms with van der Waals surface area (Å²) < 4.78 is 0. The first-order chi connectivity index (χ1) is 10.2. The van der Waals surface area contributed by atoms with Gasteiger partial charge < -0.3 is 20.2 Å². The molecule has 7 nitrogen and oxygen atoms in total. The minimum atomic E-state index is -0.849. The van der Waals surface area contributed by atoms with Gasteiger partial charge in [0.15, 0.2) is 0 Å². The number of nitrogens with zero attached hydrogens (tertiary/aromatic N) is 4. The Labute approximate surface area is 124 Å². The molecule has 0 bridgehead atoms. The maximum atomic E-state index is 10.9. The van der Waals surface area contributed by atoms with Crippen molar-refractivity contribution in [1.82, 2.24) is 20.2 Å². The molecule has 1 atom stereocenters. The highest BCUT2D eigenvalue weighted by Crippen LogP contribution is 2.26. The summed E-state index contributed by atoms with van der Waals surface area (Å²) in [7, 11) is 0. The molecule has 0 aromatic carbocycles. The quantitative estimate of drug-likeness (QED) is 0.841. The van der Waals surface area contributed by atoms with Crippen LogP contribution in [0.2, 0.25) is 0 Å². The zero-order chi connectivity index (χ0) is 14.8. The average Bonchev–Trinajstić information content (AvgIpc) is 2.53. The summed E-state index contributed by atoms with van der Waals surface area (Å²) in [6.45, 7) is 6.30. The molecule has 0 spiro atoms. The molecule has 2 aliphatic heterocycles. The zero-order valence-electron chi connectivity index (χ0n) is 12.2. The molecule has 0 radical (unpaired) electrons. The predicted octanol–water partition coefficient (Wildman–Crippen LogP) is 0.873. The van der Waals surface area contributed by atoms with Crippen LogP contribution in [-0.2, 0) is 6.54 Å². The van der Waals surface area contributed by atoms with Crippen molar-refractivity contribution >= 4 is 12.0 Å². The lowest BCUT2D eigenvalue weighted by molar-refractivity contribution is 0.142. The van der Waals surface area contributed by atoms with E-state index in [-0.39, 0.29) is 0 Å². The first-order valence-electron chi connectivity index (χ1n) is 7.48. The number of anilines is 1. The standard InChI is InChI=1S/C14H21N5O2/c1-2-10-7-15-8-11-9-16-13(17-12(10)11)18-3-5-19(6-4-18)14(20)21/h9-10,15H,2-8H2,1H3,(H,20,21). The van der Waals surface area contributed by atoms with Gasteiger partial charge in [-0.1, -0.05) is 6.92 Å². The molecule has 114 valence electrons. The lowest BCUT2D eigenvalue weighted by Gasteiger charge is -2.34. The van der Waals surface area contributed by atoms with Crippen molar-refractivity contribution in [2.45, 2.75) is 25.8 Å². The molecule has 1 saturated heterocycles. The van der Waals surface area contributed by atoms with Crippen LogP contribution in [0.5, 0.6) is 0 Å². The van der Waals surface area contributed by atoms with Crippen molar-refractivity contribution in [3.63, 3.8) is 0 Å². The van der Waals surface area contributed by atoms with Crippen molar-refractivity contribution in [3.05, 3.63) is 17.5 Å². The van der Waals surface area contributed by atoms with Gasteiger partial charge >= 0.3 is 6.09 Å². The van der Waals surface area contributed by atoms with Gasteiger partial charge in [0.2, 0.25) is 5.95 Å². The monoisotopic (exact) mass is 291 g/mol. The Hall–Kier alpha value is -1.89. The summed E-state index contributed by atoms with van der Waals surface area (Å²) >= 11 is 0. The highest BCUT2D eigenvalue weighted by Gasteiger charge is 2.25. The molecule has 0 saturated carbocycles. The Morgan fingerprint density at radius 2 is 2.19 bits per heavy atom. The Morgan fingerprint density at radius 1 is 1.43 bits per heavy atom. The van der Waals surface area contributed by atoms with Gasteiger partial charge in [-0.3, -0.25) is 0 Å². The van der Waals surface area contributed by atoms with Crippen LogP contribution in [0.15, 0.2) is 6.20 Å². The third-order valence-electron chi connectivity index (χ3n) is 4.30. The molecule has 21 heavy (non-hydrogen) atoms. The van der Waals surface area contributed by atoms with Crippen molar-refractivity contribution in [2.75, 3.05) is 37.6 Å². The van der Waals surface area contributed by atoms with Crippen LogP contribution in [0.1, 0.15) is 30.5 Å². The molecule has 1 fully saturated rings. The normalized spacial score (nSPS) is 22.0. The molecule has 0 aliphatic carbocycles. The van der Waals surface area contributed by atoms with Gasteiger partial charge in [0.25, 0.3) is 0 Å². The number of fused-ring (bicyclic) bond motifs is 1. The summed E-state index contributed by atoms with van der Waals surface area (Å²) in [5.74, 6) is 1.18. The Kier molecular flexibility index (Phi) is 3.92. The minimum Gasteiger partial charge on any atom is -0.465 e. The number of hydrogen-bond donors (Lipinski definition) is 2. The van der Waals surface area contributed by atoms with Crippen LogP contribution in [0.25, 0.3) is 0 Å². The molecule has 1 aromatic heterocycles. The topological polar surface area (TPSA) is 81.6 Å². The third-order valence-corrected chi connectivity index (χ3v) is 4.30. The summed E-state index contributed by atoms with van der Waals surface area (Å²) in [4.78, 5) is 23.7. The van der Waals surface area contributed by atoms with Crippen LogP contribution in [0, 0.1) is 0 Å². The lowest BCUT2D eigenvalue weighted by Crippen LogP contribution is -2.49. The maximum absolute atomic E-state index is 10.9. The number of piperazine rings is 1. The van der Waals surface area contributed by atoms with E-state index in [1.165, 1.54) is 10.5 Å². The van der Waals surface area contributed by atoms with E-state index < -0.39 is 6.09 Å². The van der Waals surface area contributed by atoms with Crippen LogP contribution in [0.3, 0.4) is 0 Å². The molecular weight excluding hydrogens is 270 g/mol. The second-order valence-corrected chi connectivity index (χ2v) is 5.57. The van der Waals surface area contributed by atoms with E-state index in [4.69, 9.17) is 10.1 Å². The predicted molar refractivity (Wildman–Crippen MR) is 78.6 cm³/mol. The van der Waals surface area contributed by atoms with E-state index in [9.17, 15) is 4.79 Å². The molecule has 3 heterocycles. The summed E-state index contributed by atoms with van der Waals surface area (Å²) in [5, 5.41) is 12.4. The SMILES string of the molecule is CCC1CNCc2cnc(N3CCN(C(=O)O)CC3)nc21. The van der Waals surface area contributed by atoms with Crippen LogP contribution in [0.4, 0.5) is 10.7 Å². The van der Waals surface area contributed by atoms with Gasteiger partial charge in [-0.25, -0.2) is 14.8 Å². The summed E-state index contributed by atoms with van der Waals surface area (Å²) in [6.07, 6.45) is 2.12. The molecule has 1 amide bonds. The molecule has 2 N–H and O–H groups in total. The molecule has 3 rings (SSSR count). The molecule has 2 aliphatic rings. The maximum Gasteiger partial charge on any atom is 0.407 e. The Balaban J connectivity index is 1.76. The van der Waals surface area contributed by atoms with Crippen molar-refractivity contribution < 1.29 is 9.90 Å². The van der Waals surface area contributed by atoms with Gasteiger partial charge in [0.05, 0.1) is 5.69 Å². The number of carboxylic acid groups (broad SMARTS) is 1. The smallest absolute Gasteiger partial charge is 0.407 e. The van der Waals surface area contributed by atoms with E-state index in [1.54, 1.807) is 0 Å². The van der Waals surface area contributed by atoms with Gasteiger partial charge in [-0.15, -0.1) is 0 Å². The summed E-state index contributed by atoms with van der Waals surface area (Å²) in [5.41, 5.74) is 2.34. The fraction of sp³-hybridized carbons (Fsp3) is 0.643. The Morgan fingerprint density at radius 3 is 2.86 bits per heavy atom.